The molecule has 2 heterocycles. The van der Waals surface area contributed by atoms with E-state index in [0.717, 1.165) is 0 Å². The molecule has 0 amide bonds. The van der Waals surface area contributed by atoms with Gasteiger partial charge in [-0.05, 0) is 12.8 Å². The van der Waals surface area contributed by atoms with Gasteiger partial charge < -0.3 is 15.0 Å². The van der Waals surface area contributed by atoms with Crippen LogP contribution in [0.3, 0.4) is 0 Å². The van der Waals surface area contributed by atoms with E-state index in [2.05, 4.69) is 20.3 Å². The second-order valence-electron chi connectivity index (χ2n) is 5.33. The molecule has 2 atom stereocenters. The zero-order valence-electron chi connectivity index (χ0n) is 12.5. The summed E-state index contributed by atoms with van der Waals surface area (Å²) in [6.07, 6.45) is -4.40. The van der Waals surface area contributed by atoms with Crippen LogP contribution < -0.4 is 5.32 Å². The van der Waals surface area contributed by atoms with E-state index < -0.39 is 24.2 Å². The molecule has 0 aliphatic heterocycles. The number of aromatic nitrogens is 4. The van der Waals surface area contributed by atoms with Crippen molar-refractivity contribution in [3.8, 4) is 0 Å². The van der Waals surface area contributed by atoms with Gasteiger partial charge >= 0.3 is 6.18 Å². The van der Waals surface area contributed by atoms with Crippen molar-refractivity contribution >= 4 is 17.0 Å². The molecule has 0 saturated heterocycles. The number of rotatable bonds is 5. The molecule has 122 valence electrons. The molecule has 0 aromatic carbocycles. The van der Waals surface area contributed by atoms with Crippen LogP contribution in [0.25, 0.3) is 11.2 Å². The van der Waals surface area contributed by atoms with Crippen molar-refractivity contribution in [1.82, 2.24) is 19.5 Å². The summed E-state index contributed by atoms with van der Waals surface area (Å²) in [7, 11) is 0. The first-order valence-electron chi connectivity index (χ1n) is 6.92. The van der Waals surface area contributed by atoms with Gasteiger partial charge in [0, 0.05) is 6.54 Å². The maximum atomic E-state index is 12.8. The van der Waals surface area contributed by atoms with Crippen LogP contribution in [-0.4, -0.2) is 42.9 Å². The Hall–Kier alpha value is -1.90. The molecule has 0 spiro atoms. The summed E-state index contributed by atoms with van der Waals surface area (Å²) >= 11 is 0. The van der Waals surface area contributed by atoms with Crippen molar-refractivity contribution in [2.24, 2.45) is 5.92 Å². The Balaban J connectivity index is 2.37. The van der Waals surface area contributed by atoms with Gasteiger partial charge in [-0.2, -0.15) is 13.2 Å². The van der Waals surface area contributed by atoms with E-state index in [1.807, 2.05) is 6.92 Å². The third-order valence-corrected chi connectivity index (χ3v) is 3.44. The van der Waals surface area contributed by atoms with E-state index in [0.29, 0.717) is 17.7 Å². The SMILES string of the molecule is CCn1cnc2c(N[C@@H](C(C)C)[C@H](O)C(F)(F)F)ncnc21. The second kappa shape index (κ2) is 6.07. The van der Waals surface area contributed by atoms with Gasteiger partial charge in [-0.15, -0.1) is 0 Å². The largest absolute Gasteiger partial charge is 0.416 e. The number of aliphatic hydroxyl groups excluding tert-OH is 1. The maximum absolute atomic E-state index is 12.8. The highest BCUT2D eigenvalue weighted by Gasteiger charge is 2.45. The molecule has 22 heavy (non-hydrogen) atoms. The molecule has 0 saturated carbocycles. The number of alkyl halides is 3. The predicted molar refractivity (Wildman–Crippen MR) is 75.3 cm³/mol. The van der Waals surface area contributed by atoms with Gasteiger partial charge in [-0.25, -0.2) is 15.0 Å². The Morgan fingerprint density at radius 1 is 1.27 bits per heavy atom. The van der Waals surface area contributed by atoms with E-state index in [9.17, 15) is 18.3 Å². The van der Waals surface area contributed by atoms with E-state index in [4.69, 9.17) is 0 Å². The molecule has 0 aliphatic rings. The summed E-state index contributed by atoms with van der Waals surface area (Å²) in [6.45, 7) is 5.72. The third-order valence-electron chi connectivity index (χ3n) is 3.44. The number of fused-ring (bicyclic) bond motifs is 1. The molecule has 0 unspecified atom stereocenters. The Bertz CT molecular complexity index is 640. The maximum Gasteiger partial charge on any atom is 0.416 e. The zero-order valence-corrected chi connectivity index (χ0v) is 12.5. The molecular weight excluding hydrogens is 299 g/mol. The fraction of sp³-hybridized carbons (Fsp3) is 0.615. The van der Waals surface area contributed by atoms with Crippen molar-refractivity contribution in [3.63, 3.8) is 0 Å². The van der Waals surface area contributed by atoms with Crippen LogP contribution in [0.1, 0.15) is 20.8 Å². The van der Waals surface area contributed by atoms with Crippen LogP contribution in [0.5, 0.6) is 0 Å². The standard InChI is InChI=1S/C13H18F3N5O/c1-4-21-6-19-9-11(17-5-18-12(9)21)20-8(7(2)3)10(22)13(14,15)16/h5-8,10,22H,4H2,1-3H3,(H,17,18,20)/t8-,10-/m0/s1. The lowest BCUT2D eigenvalue weighted by Crippen LogP contribution is -2.47. The third kappa shape index (κ3) is 3.13. The fourth-order valence-electron chi connectivity index (χ4n) is 2.19. The van der Waals surface area contributed by atoms with Crippen LogP contribution in [0.4, 0.5) is 19.0 Å². The molecule has 0 aliphatic carbocycles. The van der Waals surface area contributed by atoms with Gasteiger partial charge in [0.1, 0.15) is 11.8 Å². The Morgan fingerprint density at radius 3 is 2.50 bits per heavy atom. The average molecular weight is 317 g/mol. The first-order valence-corrected chi connectivity index (χ1v) is 6.92. The van der Waals surface area contributed by atoms with E-state index in [-0.39, 0.29) is 5.82 Å². The van der Waals surface area contributed by atoms with Crippen LogP contribution in [0.2, 0.25) is 0 Å². The molecule has 2 N–H and O–H groups in total. The summed E-state index contributed by atoms with van der Waals surface area (Å²) in [4.78, 5) is 12.2. The minimum absolute atomic E-state index is 0.180. The molecule has 0 bridgehead atoms. The number of anilines is 1. The molecule has 2 rings (SSSR count). The Morgan fingerprint density at radius 2 is 1.95 bits per heavy atom. The Labute approximate surface area is 125 Å². The minimum Gasteiger partial charge on any atom is -0.382 e. The van der Waals surface area contributed by atoms with Gasteiger partial charge in [0.2, 0.25) is 0 Å². The lowest BCUT2D eigenvalue weighted by Gasteiger charge is -2.29. The second-order valence-corrected chi connectivity index (χ2v) is 5.33. The number of halogens is 3. The van der Waals surface area contributed by atoms with Gasteiger partial charge in [0.25, 0.3) is 0 Å². The summed E-state index contributed by atoms with van der Waals surface area (Å²) in [5, 5.41) is 12.2. The number of nitrogens with zero attached hydrogens (tertiary/aromatic N) is 4. The van der Waals surface area contributed by atoms with Crippen molar-refractivity contribution in [1.29, 1.82) is 0 Å². The predicted octanol–water partition coefficient (Wildman–Crippen LogP) is 2.21. The quantitative estimate of drug-likeness (QED) is 0.884. The highest BCUT2D eigenvalue weighted by atomic mass is 19.4. The minimum atomic E-state index is -4.71. The topological polar surface area (TPSA) is 75.9 Å². The molecule has 0 fully saturated rings. The van der Waals surface area contributed by atoms with Crippen molar-refractivity contribution in [3.05, 3.63) is 12.7 Å². The summed E-state index contributed by atoms with van der Waals surface area (Å²) in [6, 6.07) is -1.23. The first kappa shape index (κ1) is 16.5. The van der Waals surface area contributed by atoms with Gasteiger partial charge in [0.05, 0.1) is 12.4 Å². The number of aryl methyl sites for hydroxylation is 1. The highest BCUT2D eigenvalue weighted by Crippen LogP contribution is 2.28. The lowest BCUT2D eigenvalue weighted by atomic mass is 9.98. The van der Waals surface area contributed by atoms with E-state index in [1.54, 1.807) is 24.7 Å². The lowest BCUT2D eigenvalue weighted by molar-refractivity contribution is -0.210. The van der Waals surface area contributed by atoms with Crippen molar-refractivity contribution < 1.29 is 18.3 Å². The molecule has 2 aromatic heterocycles. The number of imidazole rings is 1. The molecule has 9 heteroatoms. The Kier molecular flexibility index (Phi) is 4.55. The normalized spacial score (nSPS) is 15.3. The zero-order chi connectivity index (χ0) is 16.5. The number of hydrogen-bond acceptors (Lipinski definition) is 5. The van der Waals surface area contributed by atoms with E-state index in [1.165, 1.54) is 6.33 Å². The summed E-state index contributed by atoms with van der Waals surface area (Å²) < 4.78 is 40.1. The van der Waals surface area contributed by atoms with Gasteiger partial charge in [0.15, 0.2) is 17.6 Å². The smallest absolute Gasteiger partial charge is 0.382 e. The van der Waals surface area contributed by atoms with Crippen LogP contribution in [0.15, 0.2) is 12.7 Å². The molecule has 6 nitrogen and oxygen atoms in total. The van der Waals surface area contributed by atoms with Crippen molar-refractivity contribution in [2.45, 2.75) is 45.6 Å². The van der Waals surface area contributed by atoms with Crippen LogP contribution in [-0.2, 0) is 6.54 Å². The summed E-state index contributed by atoms with van der Waals surface area (Å²) in [5.41, 5.74) is 0.911. The molecule has 0 radical (unpaired) electrons. The van der Waals surface area contributed by atoms with E-state index >= 15 is 0 Å². The van der Waals surface area contributed by atoms with Gasteiger partial charge in [-0.3, -0.25) is 0 Å². The van der Waals surface area contributed by atoms with Crippen LogP contribution >= 0.6 is 0 Å². The average Bonchev–Trinajstić information content (AvgIpc) is 2.86. The first-order chi connectivity index (χ1) is 10.3. The molecule has 2 aromatic rings. The fourth-order valence-corrected chi connectivity index (χ4v) is 2.19. The van der Waals surface area contributed by atoms with Gasteiger partial charge in [-0.1, -0.05) is 13.8 Å². The highest BCUT2D eigenvalue weighted by molar-refractivity contribution is 5.82. The number of aliphatic hydroxyl groups is 1. The van der Waals surface area contributed by atoms with Crippen LogP contribution in [0, 0.1) is 5.92 Å². The number of hydrogen-bond donors (Lipinski definition) is 2. The summed E-state index contributed by atoms with van der Waals surface area (Å²) in [5.74, 6) is -0.283. The van der Waals surface area contributed by atoms with Crippen molar-refractivity contribution in [2.75, 3.05) is 5.32 Å². The monoisotopic (exact) mass is 317 g/mol. The molecular formula is C13H18F3N5O. The number of nitrogens with one attached hydrogen (secondary N) is 1.